The minimum Gasteiger partial charge on any atom is -0.545 e. The Bertz CT molecular complexity index is 759. The van der Waals surface area contributed by atoms with Crippen LogP contribution in [0.15, 0.2) is 54.2 Å². The molecule has 0 bridgehead atoms. The van der Waals surface area contributed by atoms with Crippen molar-refractivity contribution >= 4 is 35.1 Å². The molecule has 1 atom stereocenters. The third-order valence-electron chi connectivity index (χ3n) is 3.48. The summed E-state index contributed by atoms with van der Waals surface area (Å²) in [4.78, 5) is 22.4. The van der Waals surface area contributed by atoms with Crippen molar-refractivity contribution in [3.63, 3.8) is 0 Å². The monoisotopic (exact) mass is 434 g/mol. The van der Waals surface area contributed by atoms with Gasteiger partial charge in [-0.25, -0.2) is 4.79 Å². The molecule has 1 rings (SSSR count). The van der Waals surface area contributed by atoms with Gasteiger partial charge in [0.15, 0.2) is 6.61 Å². The summed E-state index contributed by atoms with van der Waals surface area (Å²) in [5.41, 5.74) is 1.63. The Kier molecular flexibility index (Phi) is 13.2. The largest absolute Gasteiger partial charge is 1.00 e. The van der Waals surface area contributed by atoms with Crippen LogP contribution in [0, 0.1) is 0 Å². The van der Waals surface area contributed by atoms with Crippen molar-refractivity contribution in [3.05, 3.63) is 64.2 Å². The van der Waals surface area contributed by atoms with Crippen LogP contribution in [0.5, 0.6) is 5.75 Å². The van der Waals surface area contributed by atoms with Crippen LogP contribution in [-0.4, -0.2) is 24.6 Å². The molecule has 0 aliphatic rings. The third-order valence-corrected chi connectivity index (χ3v) is 4.01. The number of benzene rings is 1. The van der Waals surface area contributed by atoms with E-state index in [1.165, 1.54) is 12.1 Å². The van der Waals surface area contributed by atoms with Gasteiger partial charge in [0.2, 0.25) is 0 Å². The van der Waals surface area contributed by atoms with Crippen molar-refractivity contribution in [1.29, 1.82) is 0 Å². The van der Waals surface area contributed by atoms with E-state index in [4.69, 9.17) is 32.7 Å². The molecule has 0 aliphatic heterocycles. The first kappa shape index (κ1) is 26.8. The fraction of sp³-hybridized carbons (Fsp3) is 0.300. The third kappa shape index (κ3) is 10.9. The summed E-state index contributed by atoms with van der Waals surface area (Å²) < 4.78 is 10.8. The van der Waals surface area contributed by atoms with E-state index in [9.17, 15) is 14.7 Å². The maximum Gasteiger partial charge on any atom is 1.00 e. The fourth-order valence-electron chi connectivity index (χ4n) is 2.06. The van der Waals surface area contributed by atoms with Gasteiger partial charge in [-0.3, -0.25) is 0 Å². The fourth-order valence-corrected chi connectivity index (χ4v) is 2.52. The predicted octanol–water partition coefficient (Wildman–Crippen LogP) is 0.897. The molecule has 0 amide bonds. The van der Waals surface area contributed by atoms with Crippen LogP contribution in [0.3, 0.4) is 0 Å². The second-order valence-corrected chi connectivity index (χ2v) is 6.76. The average Bonchev–Trinajstić information content (AvgIpc) is 2.57. The van der Waals surface area contributed by atoms with E-state index in [1.807, 2.05) is 6.92 Å². The Hall–Kier alpha value is -1.24. The maximum absolute atomic E-state index is 12.0. The first-order chi connectivity index (χ1) is 12.7. The van der Waals surface area contributed by atoms with Crippen molar-refractivity contribution in [3.8, 4) is 5.75 Å². The summed E-state index contributed by atoms with van der Waals surface area (Å²) in [6, 6.07) is 4.70. The van der Waals surface area contributed by atoms with Gasteiger partial charge in [0.05, 0.1) is 11.0 Å². The number of esters is 1. The minimum absolute atomic E-state index is 0. The zero-order valence-corrected chi connectivity index (χ0v) is 19.7. The first-order valence-corrected chi connectivity index (χ1v) is 8.92. The molecule has 8 heteroatoms. The summed E-state index contributed by atoms with van der Waals surface area (Å²) in [5, 5.41) is 11.1. The summed E-state index contributed by atoms with van der Waals surface area (Å²) in [6.07, 6.45) is 4.65. The number of carbonyl (C=O) groups is 2. The minimum atomic E-state index is -1.26. The molecule has 146 valence electrons. The molecular formula is C20H21Cl2NaO5. The SMILES string of the molecule is C=C(C)C(CC/C(C)=C/C=C/C(=O)[O-])OC(=O)COc1ccc(Cl)cc1Cl.[Na+]. The average molecular weight is 435 g/mol. The van der Waals surface area contributed by atoms with Crippen LogP contribution in [0.25, 0.3) is 0 Å². The van der Waals surface area contributed by atoms with Crippen LogP contribution in [-0.2, 0) is 14.3 Å². The van der Waals surface area contributed by atoms with E-state index in [0.717, 1.165) is 11.6 Å². The summed E-state index contributed by atoms with van der Waals surface area (Å²) in [7, 11) is 0. The number of aliphatic carboxylic acids is 1. The van der Waals surface area contributed by atoms with Gasteiger partial charge in [0, 0.05) is 5.02 Å². The molecule has 0 radical (unpaired) electrons. The number of ether oxygens (including phenoxy) is 2. The number of carboxylic acid groups (broad SMARTS) is 1. The smallest absolute Gasteiger partial charge is 0.545 e. The van der Waals surface area contributed by atoms with Crippen molar-refractivity contribution in [2.45, 2.75) is 32.8 Å². The van der Waals surface area contributed by atoms with Gasteiger partial charge in [-0.15, -0.1) is 0 Å². The van der Waals surface area contributed by atoms with Crippen LogP contribution in [0.1, 0.15) is 26.7 Å². The Morgan fingerprint density at radius 1 is 1.29 bits per heavy atom. The molecule has 0 fully saturated rings. The van der Waals surface area contributed by atoms with Crippen LogP contribution in [0.2, 0.25) is 10.0 Å². The Labute approximate surface area is 197 Å². The number of hydrogen-bond acceptors (Lipinski definition) is 5. The van der Waals surface area contributed by atoms with E-state index < -0.39 is 18.0 Å². The van der Waals surface area contributed by atoms with Crippen molar-refractivity contribution in [2.75, 3.05) is 6.61 Å². The number of halogens is 2. The van der Waals surface area contributed by atoms with Gasteiger partial charge < -0.3 is 19.4 Å². The second kappa shape index (κ2) is 13.9. The normalized spacial score (nSPS) is 12.2. The van der Waals surface area contributed by atoms with Gasteiger partial charge in [-0.1, -0.05) is 47.5 Å². The van der Waals surface area contributed by atoms with E-state index in [0.29, 0.717) is 34.2 Å². The summed E-state index contributed by atoms with van der Waals surface area (Å²) in [6.45, 7) is 7.16. The second-order valence-electron chi connectivity index (χ2n) is 5.92. The maximum atomic E-state index is 12.0. The number of carbonyl (C=O) groups excluding carboxylic acids is 2. The molecule has 0 aliphatic carbocycles. The summed E-state index contributed by atoms with van der Waals surface area (Å²) in [5.74, 6) is -1.47. The van der Waals surface area contributed by atoms with E-state index in [-0.39, 0.29) is 36.2 Å². The molecular weight excluding hydrogens is 414 g/mol. The van der Waals surface area contributed by atoms with E-state index >= 15 is 0 Å². The van der Waals surface area contributed by atoms with E-state index in [1.54, 1.807) is 25.1 Å². The molecule has 1 aromatic carbocycles. The molecule has 0 aromatic heterocycles. The quantitative estimate of drug-likeness (QED) is 0.180. The van der Waals surface area contributed by atoms with Gasteiger partial charge in [0.1, 0.15) is 11.9 Å². The van der Waals surface area contributed by atoms with Gasteiger partial charge in [-0.05, 0) is 56.5 Å². The molecule has 1 unspecified atom stereocenters. The summed E-state index contributed by atoms with van der Waals surface area (Å²) >= 11 is 11.8. The zero-order valence-electron chi connectivity index (χ0n) is 16.2. The Balaban J connectivity index is 0.00000729. The van der Waals surface area contributed by atoms with Crippen LogP contribution in [0.4, 0.5) is 0 Å². The first-order valence-electron chi connectivity index (χ1n) is 8.16. The number of rotatable bonds is 10. The van der Waals surface area contributed by atoms with Crippen LogP contribution < -0.4 is 39.4 Å². The van der Waals surface area contributed by atoms with Crippen molar-refractivity contribution in [2.24, 2.45) is 0 Å². The van der Waals surface area contributed by atoms with E-state index in [2.05, 4.69) is 6.58 Å². The molecule has 28 heavy (non-hydrogen) atoms. The van der Waals surface area contributed by atoms with Gasteiger partial charge in [-0.2, -0.15) is 0 Å². The molecule has 0 saturated carbocycles. The van der Waals surface area contributed by atoms with Gasteiger partial charge in [0.25, 0.3) is 0 Å². The zero-order chi connectivity index (χ0) is 20.4. The molecule has 0 saturated heterocycles. The molecule has 0 spiro atoms. The van der Waals surface area contributed by atoms with Crippen molar-refractivity contribution in [1.82, 2.24) is 0 Å². The Morgan fingerprint density at radius 3 is 2.54 bits per heavy atom. The van der Waals surface area contributed by atoms with Crippen LogP contribution >= 0.6 is 23.2 Å². The number of carboxylic acids is 1. The van der Waals surface area contributed by atoms with Gasteiger partial charge >= 0.3 is 35.5 Å². The molecule has 5 nitrogen and oxygen atoms in total. The standard InChI is InChI=1S/C20H22Cl2O5.Na/c1-13(2)17(9-7-14(3)5-4-6-19(23)24)27-20(25)12-26-18-10-8-15(21)11-16(18)22;/h4-6,8,10-11,17H,1,7,9,12H2,2-3H3,(H,23,24);/q;+1/p-1/b6-4+,14-5+;. The predicted molar refractivity (Wildman–Crippen MR) is 104 cm³/mol. The Morgan fingerprint density at radius 2 is 1.96 bits per heavy atom. The molecule has 0 N–H and O–H groups in total. The number of allylic oxidation sites excluding steroid dienone is 3. The topological polar surface area (TPSA) is 75.7 Å². The van der Waals surface area contributed by atoms with Crippen molar-refractivity contribution < 1.29 is 53.7 Å². The molecule has 1 aromatic rings. The number of hydrogen-bond donors (Lipinski definition) is 0. The molecule has 0 heterocycles.